The van der Waals surface area contributed by atoms with E-state index in [2.05, 4.69) is 10.4 Å². The van der Waals surface area contributed by atoms with Crippen LogP contribution in [0.15, 0.2) is 30.5 Å². The number of para-hydroxylation sites is 1. The highest BCUT2D eigenvalue weighted by Gasteiger charge is 2.15. The molecule has 1 heterocycles. The van der Waals surface area contributed by atoms with E-state index in [-0.39, 0.29) is 5.91 Å². The molecular weight excluding hydrogens is 244 g/mol. The number of nitrogen functional groups attached to an aromatic ring is 1. The topological polar surface area (TPSA) is 82.2 Å². The molecule has 0 aliphatic rings. The first-order valence-electron chi connectivity index (χ1n) is 5.94. The molecule has 1 aromatic heterocycles. The smallest absolute Gasteiger partial charge is 0.260 e. The van der Waals surface area contributed by atoms with E-state index < -0.39 is 0 Å². The number of nitrogens with one attached hydrogen (secondary N) is 1. The fraction of sp³-hybridized carbons (Fsp3) is 0.231. The van der Waals surface area contributed by atoms with Gasteiger partial charge in [0, 0.05) is 19.3 Å². The largest absolute Gasteiger partial charge is 0.491 e. The van der Waals surface area contributed by atoms with Crippen molar-refractivity contribution in [3.8, 4) is 5.75 Å². The van der Waals surface area contributed by atoms with Gasteiger partial charge in [-0.1, -0.05) is 6.07 Å². The zero-order valence-corrected chi connectivity index (χ0v) is 10.9. The molecule has 1 aromatic carbocycles. The highest BCUT2D eigenvalue weighted by molar-refractivity contribution is 6.06. The molecule has 100 valence electrons. The van der Waals surface area contributed by atoms with Crippen molar-refractivity contribution in [2.75, 3.05) is 17.7 Å². The van der Waals surface area contributed by atoms with Crippen molar-refractivity contribution in [2.45, 2.75) is 6.92 Å². The zero-order valence-electron chi connectivity index (χ0n) is 10.9. The van der Waals surface area contributed by atoms with Crippen molar-refractivity contribution in [1.82, 2.24) is 9.78 Å². The second-order valence-electron chi connectivity index (χ2n) is 3.99. The number of carbonyl (C=O) groups is 1. The molecule has 0 spiro atoms. The molecule has 6 heteroatoms. The van der Waals surface area contributed by atoms with E-state index >= 15 is 0 Å². The third-order valence-corrected chi connectivity index (χ3v) is 2.53. The zero-order chi connectivity index (χ0) is 13.8. The summed E-state index contributed by atoms with van der Waals surface area (Å²) in [6.07, 6.45) is 1.75. The lowest BCUT2D eigenvalue weighted by atomic mass is 10.1. The molecule has 1 amide bonds. The lowest BCUT2D eigenvalue weighted by Gasteiger charge is -2.11. The molecule has 0 fully saturated rings. The van der Waals surface area contributed by atoms with Gasteiger partial charge < -0.3 is 15.8 Å². The van der Waals surface area contributed by atoms with E-state index in [1.807, 2.05) is 6.92 Å². The van der Waals surface area contributed by atoms with Gasteiger partial charge in [-0.25, -0.2) is 0 Å². The Balaban J connectivity index is 2.25. The standard InChI is InChI=1S/C13H16N4O2/c1-3-19-12-9(5-4-6-10(12)14)13(18)15-11-7-8-17(2)16-11/h4-8H,3,14H2,1-2H3,(H,15,16,18). The van der Waals surface area contributed by atoms with E-state index in [1.54, 1.807) is 42.2 Å². The quantitative estimate of drug-likeness (QED) is 0.819. The summed E-state index contributed by atoms with van der Waals surface area (Å²) >= 11 is 0. The average Bonchev–Trinajstić information content (AvgIpc) is 2.77. The van der Waals surface area contributed by atoms with Gasteiger partial charge in [0.25, 0.3) is 5.91 Å². The second kappa shape index (κ2) is 5.43. The number of rotatable bonds is 4. The number of benzene rings is 1. The molecule has 0 bridgehead atoms. The Labute approximate surface area is 111 Å². The summed E-state index contributed by atoms with van der Waals surface area (Å²) in [5.74, 6) is 0.588. The van der Waals surface area contributed by atoms with Crippen LogP contribution in [0.2, 0.25) is 0 Å². The number of hydrogen-bond donors (Lipinski definition) is 2. The molecule has 2 rings (SSSR count). The van der Waals surface area contributed by atoms with Crippen molar-refractivity contribution in [3.63, 3.8) is 0 Å². The van der Waals surface area contributed by atoms with Crippen molar-refractivity contribution in [3.05, 3.63) is 36.0 Å². The van der Waals surface area contributed by atoms with Crippen molar-refractivity contribution >= 4 is 17.4 Å². The SMILES string of the molecule is CCOc1c(N)cccc1C(=O)Nc1ccn(C)n1. The minimum atomic E-state index is -0.297. The third kappa shape index (κ3) is 2.85. The molecule has 3 N–H and O–H groups in total. The Bertz CT molecular complexity index is 592. The van der Waals surface area contributed by atoms with Crippen molar-refractivity contribution in [1.29, 1.82) is 0 Å². The van der Waals surface area contributed by atoms with E-state index in [9.17, 15) is 4.79 Å². The number of aryl methyl sites for hydroxylation is 1. The molecule has 19 heavy (non-hydrogen) atoms. The number of hydrogen-bond acceptors (Lipinski definition) is 4. The molecule has 2 aromatic rings. The summed E-state index contributed by atoms with van der Waals surface area (Å²) in [6, 6.07) is 6.79. The van der Waals surface area contributed by atoms with Gasteiger partial charge in [-0.05, 0) is 19.1 Å². The van der Waals surface area contributed by atoms with Crippen LogP contribution in [0, 0.1) is 0 Å². The fourth-order valence-electron chi connectivity index (χ4n) is 1.70. The number of anilines is 2. The lowest BCUT2D eigenvalue weighted by Crippen LogP contribution is -2.15. The Morgan fingerprint density at radius 2 is 2.26 bits per heavy atom. The van der Waals surface area contributed by atoms with Gasteiger partial charge in [0.05, 0.1) is 17.9 Å². The molecule has 0 saturated heterocycles. The van der Waals surface area contributed by atoms with Crippen LogP contribution in [-0.4, -0.2) is 22.3 Å². The van der Waals surface area contributed by atoms with Gasteiger partial charge in [0.1, 0.15) is 0 Å². The predicted molar refractivity (Wildman–Crippen MR) is 73.2 cm³/mol. The van der Waals surface area contributed by atoms with Crippen LogP contribution < -0.4 is 15.8 Å². The Morgan fingerprint density at radius 3 is 2.89 bits per heavy atom. The molecular formula is C13H16N4O2. The summed E-state index contributed by atoms with van der Waals surface area (Å²) in [5.41, 5.74) is 6.65. The fourth-order valence-corrected chi connectivity index (χ4v) is 1.70. The highest BCUT2D eigenvalue weighted by atomic mass is 16.5. The van der Waals surface area contributed by atoms with E-state index in [1.165, 1.54) is 0 Å². The number of nitrogens with two attached hydrogens (primary N) is 1. The number of carbonyl (C=O) groups excluding carboxylic acids is 1. The number of aromatic nitrogens is 2. The van der Waals surface area contributed by atoms with Crippen LogP contribution in [0.5, 0.6) is 5.75 Å². The van der Waals surface area contributed by atoms with Crippen LogP contribution in [0.25, 0.3) is 0 Å². The maximum atomic E-state index is 12.2. The van der Waals surface area contributed by atoms with Crippen molar-refractivity contribution in [2.24, 2.45) is 7.05 Å². The highest BCUT2D eigenvalue weighted by Crippen LogP contribution is 2.26. The molecule has 0 unspecified atom stereocenters. The normalized spacial score (nSPS) is 10.2. The van der Waals surface area contributed by atoms with Crippen LogP contribution in [0.3, 0.4) is 0 Å². The summed E-state index contributed by atoms with van der Waals surface area (Å²) in [6.45, 7) is 2.28. The first-order valence-corrected chi connectivity index (χ1v) is 5.94. The molecule has 6 nitrogen and oxygen atoms in total. The van der Waals surface area contributed by atoms with E-state index in [0.717, 1.165) is 0 Å². The molecule has 0 radical (unpaired) electrons. The number of ether oxygens (including phenoxy) is 1. The minimum absolute atomic E-state index is 0.297. The Hall–Kier alpha value is -2.50. The van der Waals surface area contributed by atoms with Gasteiger partial charge in [0.15, 0.2) is 11.6 Å². The first kappa shape index (κ1) is 12.9. The second-order valence-corrected chi connectivity index (χ2v) is 3.99. The summed E-state index contributed by atoms with van der Waals surface area (Å²) in [5, 5.41) is 6.79. The minimum Gasteiger partial charge on any atom is -0.491 e. The maximum absolute atomic E-state index is 12.2. The van der Waals surface area contributed by atoms with Gasteiger partial charge in [0.2, 0.25) is 0 Å². The van der Waals surface area contributed by atoms with E-state index in [4.69, 9.17) is 10.5 Å². The summed E-state index contributed by atoms with van der Waals surface area (Å²) in [4.78, 5) is 12.2. The summed E-state index contributed by atoms with van der Waals surface area (Å²) < 4.78 is 7.03. The number of nitrogens with zero attached hydrogens (tertiary/aromatic N) is 2. The summed E-state index contributed by atoms with van der Waals surface area (Å²) in [7, 11) is 1.78. The van der Waals surface area contributed by atoms with Crippen LogP contribution in [-0.2, 0) is 7.05 Å². The lowest BCUT2D eigenvalue weighted by molar-refractivity contribution is 0.102. The first-order chi connectivity index (χ1) is 9.11. The van der Waals surface area contributed by atoms with Gasteiger partial charge >= 0.3 is 0 Å². The average molecular weight is 260 g/mol. The van der Waals surface area contributed by atoms with Gasteiger partial charge in [-0.2, -0.15) is 5.10 Å². The molecule has 0 atom stereocenters. The van der Waals surface area contributed by atoms with Crippen molar-refractivity contribution < 1.29 is 9.53 Å². The van der Waals surface area contributed by atoms with E-state index in [0.29, 0.717) is 29.4 Å². The Morgan fingerprint density at radius 1 is 1.47 bits per heavy atom. The molecule has 0 saturated carbocycles. The molecule has 0 aliphatic heterocycles. The molecule has 0 aliphatic carbocycles. The maximum Gasteiger partial charge on any atom is 0.260 e. The monoisotopic (exact) mass is 260 g/mol. The van der Waals surface area contributed by atoms with Gasteiger partial charge in [-0.15, -0.1) is 0 Å². The number of amides is 1. The third-order valence-electron chi connectivity index (χ3n) is 2.53. The van der Waals surface area contributed by atoms with Gasteiger partial charge in [-0.3, -0.25) is 9.48 Å². The predicted octanol–water partition coefficient (Wildman–Crippen LogP) is 1.65. The van der Waals surface area contributed by atoms with Crippen LogP contribution in [0.1, 0.15) is 17.3 Å². The Kier molecular flexibility index (Phi) is 3.70. The van der Waals surface area contributed by atoms with Crippen LogP contribution in [0.4, 0.5) is 11.5 Å². The van der Waals surface area contributed by atoms with Crippen LogP contribution >= 0.6 is 0 Å².